The van der Waals surface area contributed by atoms with Crippen molar-refractivity contribution in [1.82, 2.24) is 20.1 Å². The lowest BCUT2D eigenvalue weighted by atomic mass is 9.82. The molecule has 0 bridgehead atoms. The predicted octanol–water partition coefficient (Wildman–Crippen LogP) is 3.19. The molecule has 0 saturated heterocycles. The van der Waals surface area contributed by atoms with Crippen molar-refractivity contribution in [3.8, 4) is 11.1 Å². The predicted molar refractivity (Wildman–Crippen MR) is 102 cm³/mol. The van der Waals surface area contributed by atoms with Crippen LogP contribution in [-0.2, 0) is 19.4 Å². The summed E-state index contributed by atoms with van der Waals surface area (Å²) in [6.45, 7) is 2.81. The number of imide groups is 1. The number of hydrogen-bond acceptors (Lipinski definition) is 3. The SMILES string of the molecule is CCn1cc2c(n1)CCc1c-2c2c(c3c1[nH]c1ccccc13)C(=O)NC2=O. The smallest absolute Gasteiger partial charge is 0.259 e. The fraction of sp³-hybridized carbons (Fsp3) is 0.190. The Bertz CT molecular complexity index is 1330. The standard InChI is InChI=1S/C21H16N4O2/c1-2-25-9-12-14(24-25)8-7-11-15(12)17-18(21(27)23-20(17)26)16-10-5-3-4-6-13(10)22-19(11)16/h3-6,9,22H,2,7-8H2,1H3,(H,23,26,27). The van der Waals surface area contributed by atoms with Crippen LogP contribution in [0.25, 0.3) is 32.9 Å². The first-order chi connectivity index (χ1) is 13.2. The molecule has 0 radical (unpaired) electrons. The molecule has 2 amide bonds. The van der Waals surface area contributed by atoms with Gasteiger partial charge in [0, 0.05) is 40.2 Å². The molecule has 1 aliphatic heterocycles. The molecule has 0 spiro atoms. The van der Waals surface area contributed by atoms with E-state index in [2.05, 4.69) is 15.4 Å². The van der Waals surface area contributed by atoms with Crippen molar-refractivity contribution in [2.24, 2.45) is 0 Å². The molecule has 2 aromatic heterocycles. The third-order valence-electron chi connectivity index (χ3n) is 5.78. The minimum atomic E-state index is -0.317. The summed E-state index contributed by atoms with van der Waals surface area (Å²) in [6, 6.07) is 7.94. The number of amides is 2. The Labute approximate surface area is 154 Å². The molecule has 2 N–H and O–H groups in total. The summed E-state index contributed by atoms with van der Waals surface area (Å²) in [5.41, 5.74) is 6.87. The highest BCUT2D eigenvalue weighted by atomic mass is 16.2. The monoisotopic (exact) mass is 356 g/mol. The van der Waals surface area contributed by atoms with E-state index in [9.17, 15) is 9.59 Å². The second kappa shape index (κ2) is 4.85. The summed E-state index contributed by atoms with van der Waals surface area (Å²) < 4.78 is 1.90. The number of hydrogen-bond donors (Lipinski definition) is 2. The largest absolute Gasteiger partial charge is 0.354 e. The maximum Gasteiger partial charge on any atom is 0.259 e. The number of nitrogens with one attached hydrogen (secondary N) is 2. The van der Waals surface area contributed by atoms with Crippen LogP contribution in [0.1, 0.15) is 38.9 Å². The number of fused-ring (bicyclic) bond motifs is 10. The first-order valence-electron chi connectivity index (χ1n) is 9.19. The van der Waals surface area contributed by atoms with Crippen LogP contribution in [0.4, 0.5) is 0 Å². The number of aromatic amines is 1. The number of nitrogens with zero attached hydrogens (tertiary/aromatic N) is 2. The summed E-state index contributed by atoms with van der Waals surface area (Å²) in [6.07, 6.45) is 3.62. The van der Waals surface area contributed by atoms with Crippen LogP contribution in [0.2, 0.25) is 0 Å². The van der Waals surface area contributed by atoms with Crippen LogP contribution >= 0.6 is 0 Å². The van der Waals surface area contributed by atoms with Gasteiger partial charge in [-0.05, 0) is 31.4 Å². The lowest BCUT2D eigenvalue weighted by Crippen LogP contribution is -2.20. The van der Waals surface area contributed by atoms with Crippen molar-refractivity contribution in [2.45, 2.75) is 26.3 Å². The Kier molecular flexibility index (Phi) is 2.65. The van der Waals surface area contributed by atoms with E-state index in [1.807, 2.05) is 42.1 Å². The fourth-order valence-electron chi connectivity index (χ4n) is 4.64. The lowest BCUT2D eigenvalue weighted by molar-refractivity contribution is 0.0880. The zero-order valence-electron chi connectivity index (χ0n) is 14.7. The van der Waals surface area contributed by atoms with E-state index in [0.717, 1.165) is 63.6 Å². The molecule has 0 unspecified atom stereocenters. The number of benzene rings is 2. The highest BCUT2D eigenvalue weighted by molar-refractivity contribution is 6.33. The summed E-state index contributed by atoms with van der Waals surface area (Å²) >= 11 is 0. The first kappa shape index (κ1) is 14.7. The molecule has 3 heterocycles. The molecule has 132 valence electrons. The number of rotatable bonds is 1. The van der Waals surface area contributed by atoms with Crippen LogP contribution in [-0.4, -0.2) is 26.6 Å². The number of aromatic nitrogens is 3. The third-order valence-corrected chi connectivity index (χ3v) is 5.78. The highest BCUT2D eigenvalue weighted by Crippen LogP contribution is 2.45. The average molecular weight is 356 g/mol. The van der Waals surface area contributed by atoms with E-state index >= 15 is 0 Å². The molecule has 6 heteroatoms. The van der Waals surface area contributed by atoms with E-state index in [1.54, 1.807) is 0 Å². The van der Waals surface area contributed by atoms with Crippen LogP contribution in [0, 0.1) is 0 Å². The molecular weight excluding hydrogens is 340 g/mol. The van der Waals surface area contributed by atoms with Gasteiger partial charge < -0.3 is 4.98 Å². The second-order valence-corrected chi connectivity index (χ2v) is 7.15. The van der Waals surface area contributed by atoms with Crippen LogP contribution < -0.4 is 5.32 Å². The number of para-hydroxylation sites is 1. The summed E-state index contributed by atoms with van der Waals surface area (Å²) in [5, 5.41) is 9.00. The van der Waals surface area contributed by atoms with Gasteiger partial charge in [-0.15, -0.1) is 0 Å². The van der Waals surface area contributed by atoms with Crippen molar-refractivity contribution in [1.29, 1.82) is 0 Å². The first-order valence-corrected chi connectivity index (χ1v) is 9.19. The highest BCUT2D eigenvalue weighted by Gasteiger charge is 2.38. The number of carbonyl (C=O) groups excluding carboxylic acids is 2. The molecule has 1 aliphatic carbocycles. The second-order valence-electron chi connectivity index (χ2n) is 7.15. The van der Waals surface area contributed by atoms with Crippen LogP contribution in [0.5, 0.6) is 0 Å². The fourth-order valence-corrected chi connectivity index (χ4v) is 4.64. The minimum Gasteiger partial charge on any atom is -0.354 e. The maximum atomic E-state index is 12.8. The van der Waals surface area contributed by atoms with Crippen molar-refractivity contribution < 1.29 is 9.59 Å². The van der Waals surface area contributed by atoms with Crippen molar-refractivity contribution in [2.75, 3.05) is 0 Å². The molecule has 0 fully saturated rings. The number of aryl methyl sites for hydroxylation is 3. The lowest BCUT2D eigenvalue weighted by Gasteiger charge is -2.19. The minimum absolute atomic E-state index is 0.310. The van der Waals surface area contributed by atoms with Crippen LogP contribution in [0.3, 0.4) is 0 Å². The summed E-state index contributed by atoms with van der Waals surface area (Å²) in [4.78, 5) is 29.0. The Hall–Kier alpha value is -3.41. The van der Waals surface area contributed by atoms with Crippen molar-refractivity contribution in [3.05, 3.63) is 52.8 Å². The summed E-state index contributed by atoms with van der Waals surface area (Å²) in [5.74, 6) is -0.627. The van der Waals surface area contributed by atoms with Crippen molar-refractivity contribution in [3.63, 3.8) is 0 Å². The van der Waals surface area contributed by atoms with Gasteiger partial charge in [0.05, 0.1) is 22.3 Å². The third kappa shape index (κ3) is 1.72. The number of carbonyl (C=O) groups is 2. The Morgan fingerprint density at radius 3 is 2.74 bits per heavy atom. The zero-order chi connectivity index (χ0) is 18.3. The van der Waals surface area contributed by atoms with Gasteiger partial charge >= 0.3 is 0 Å². The molecule has 0 atom stereocenters. The maximum absolute atomic E-state index is 12.8. The molecule has 4 aromatic rings. The van der Waals surface area contributed by atoms with E-state index in [-0.39, 0.29) is 11.8 Å². The van der Waals surface area contributed by atoms with Gasteiger partial charge in [0.25, 0.3) is 11.8 Å². The van der Waals surface area contributed by atoms with Gasteiger partial charge in [-0.25, -0.2) is 0 Å². The van der Waals surface area contributed by atoms with Gasteiger partial charge in [-0.3, -0.25) is 19.6 Å². The van der Waals surface area contributed by atoms with Crippen LogP contribution in [0.15, 0.2) is 30.5 Å². The van der Waals surface area contributed by atoms with Gasteiger partial charge in [0.1, 0.15) is 0 Å². The van der Waals surface area contributed by atoms with E-state index < -0.39 is 0 Å². The van der Waals surface area contributed by atoms with E-state index in [0.29, 0.717) is 11.1 Å². The average Bonchev–Trinajstić information content (AvgIpc) is 3.34. The molecule has 0 saturated carbocycles. The molecule has 27 heavy (non-hydrogen) atoms. The molecule has 2 aromatic carbocycles. The van der Waals surface area contributed by atoms with E-state index in [4.69, 9.17) is 0 Å². The zero-order valence-corrected chi connectivity index (χ0v) is 14.7. The molecule has 2 aliphatic rings. The quantitative estimate of drug-likeness (QED) is 0.514. The van der Waals surface area contributed by atoms with Gasteiger partial charge in [-0.1, -0.05) is 18.2 Å². The van der Waals surface area contributed by atoms with Gasteiger partial charge in [0.2, 0.25) is 0 Å². The molecule has 6 rings (SSSR count). The molecule has 6 nitrogen and oxygen atoms in total. The summed E-state index contributed by atoms with van der Waals surface area (Å²) in [7, 11) is 0. The topological polar surface area (TPSA) is 79.8 Å². The molecular formula is C21H16N4O2. The normalized spacial score (nSPS) is 15.1. The Morgan fingerprint density at radius 1 is 1.07 bits per heavy atom. The van der Waals surface area contributed by atoms with E-state index in [1.165, 1.54) is 0 Å². The number of H-pyrrole nitrogens is 1. The van der Waals surface area contributed by atoms with Gasteiger partial charge in [0.15, 0.2) is 0 Å². The Balaban J connectivity index is 1.85. The van der Waals surface area contributed by atoms with Crippen molar-refractivity contribution >= 4 is 33.6 Å². The van der Waals surface area contributed by atoms with Gasteiger partial charge in [-0.2, -0.15) is 5.10 Å². The Morgan fingerprint density at radius 2 is 1.89 bits per heavy atom.